The molecule has 2 amide bonds. The zero-order valence-corrected chi connectivity index (χ0v) is 15.2. The van der Waals surface area contributed by atoms with Crippen LogP contribution in [0.4, 0.5) is 18.9 Å². The lowest BCUT2D eigenvalue weighted by Gasteiger charge is -2.17. The standard InChI is InChI=1S/C20H17F3N2O4/c21-20(22,23)14-3-1-2-12(6-14)9-25-10-13(7-18(25)26)19(27)24-15-4-5-16-17(8-15)29-11-28-16/h1-6,8,13H,7,9-11H2,(H,24,27). The Hall–Kier alpha value is -3.23. The molecule has 1 N–H and O–H groups in total. The Morgan fingerprint density at radius 1 is 1.14 bits per heavy atom. The first kappa shape index (κ1) is 19.1. The first-order valence-electron chi connectivity index (χ1n) is 8.94. The van der Waals surface area contributed by atoms with E-state index in [1.807, 2.05) is 0 Å². The topological polar surface area (TPSA) is 67.9 Å². The number of rotatable bonds is 4. The molecule has 0 aromatic heterocycles. The lowest BCUT2D eigenvalue weighted by atomic mass is 10.1. The van der Waals surface area contributed by atoms with Gasteiger partial charge in [0.1, 0.15) is 0 Å². The molecule has 1 fully saturated rings. The molecule has 9 heteroatoms. The molecule has 29 heavy (non-hydrogen) atoms. The number of ether oxygens (including phenoxy) is 2. The highest BCUT2D eigenvalue weighted by Crippen LogP contribution is 2.35. The Morgan fingerprint density at radius 2 is 1.93 bits per heavy atom. The largest absolute Gasteiger partial charge is 0.454 e. The van der Waals surface area contributed by atoms with E-state index in [-0.39, 0.29) is 38.1 Å². The van der Waals surface area contributed by atoms with E-state index in [2.05, 4.69) is 5.32 Å². The number of alkyl halides is 3. The van der Waals surface area contributed by atoms with Crippen molar-refractivity contribution in [2.45, 2.75) is 19.1 Å². The van der Waals surface area contributed by atoms with Crippen LogP contribution in [0.15, 0.2) is 42.5 Å². The molecule has 0 saturated carbocycles. The summed E-state index contributed by atoms with van der Waals surface area (Å²) in [5.74, 6) is -0.0708. The van der Waals surface area contributed by atoms with Crippen molar-refractivity contribution in [3.8, 4) is 11.5 Å². The summed E-state index contributed by atoms with van der Waals surface area (Å²) in [7, 11) is 0. The van der Waals surface area contributed by atoms with Crippen LogP contribution in [0.1, 0.15) is 17.5 Å². The van der Waals surface area contributed by atoms with Crippen LogP contribution in [-0.2, 0) is 22.3 Å². The Bertz CT molecular complexity index is 961. The number of nitrogens with one attached hydrogen (secondary N) is 1. The van der Waals surface area contributed by atoms with Crippen molar-refractivity contribution in [1.29, 1.82) is 0 Å². The van der Waals surface area contributed by atoms with Gasteiger partial charge >= 0.3 is 6.18 Å². The van der Waals surface area contributed by atoms with Crippen molar-refractivity contribution in [3.05, 3.63) is 53.6 Å². The molecule has 0 bridgehead atoms. The van der Waals surface area contributed by atoms with Gasteiger partial charge < -0.3 is 19.7 Å². The van der Waals surface area contributed by atoms with Crippen molar-refractivity contribution in [2.24, 2.45) is 5.92 Å². The van der Waals surface area contributed by atoms with E-state index >= 15 is 0 Å². The van der Waals surface area contributed by atoms with Crippen molar-refractivity contribution in [3.63, 3.8) is 0 Å². The van der Waals surface area contributed by atoms with Crippen molar-refractivity contribution < 1.29 is 32.2 Å². The summed E-state index contributed by atoms with van der Waals surface area (Å²) in [5.41, 5.74) is 0.117. The van der Waals surface area contributed by atoms with E-state index in [9.17, 15) is 22.8 Å². The molecule has 1 unspecified atom stereocenters. The monoisotopic (exact) mass is 406 g/mol. The molecule has 2 aliphatic rings. The van der Waals surface area contributed by atoms with Crippen LogP contribution in [-0.4, -0.2) is 30.1 Å². The van der Waals surface area contributed by atoms with Gasteiger partial charge in [0, 0.05) is 31.3 Å². The minimum atomic E-state index is -4.45. The van der Waals surface area contributed by atoms with Crippen LogP contribution in [0.3, 0.4) is 0 Å². The normalized spacial score (nSPS) is 18.2. The fourth-order valence-electron chi connectivity index (χ4n) is 3.39. The second-order valence-corrected chi connectivity index (χ2v) is 6.93. The van der Waals surface area contributed by atoms with Gasteiger partial charge in [0.2, 0.25) is 18.6 Å². The maximum atomic E-state index is 12.9. The van der Waals surface area contributed by atoms with Gasteiger partial charge in [0.15, 0.2) is 11.5 Å². The number of hydrogen-bond acceptors (Lipinski definition) is 4. The number of carbonyl (C=O) groups is 2. The number of halogens is 3. The summed E-state index contributed by atoms with van der Waals surface area (Å²) < 4.78 is 49.1. The molecule has 6 nitrogen and oxygen atoms in total. The smallest absolute Gasteiger partial charge is 0.416 e. The number of anilines is 1. The third-order valence-electron chi connectivity index (χ3n) is 4.85. The number of carbonyl (C=O) groups excluding carboxylic acids is 2. The van der Waals surface area contributed by atoms with E-state index in [1.165, 1.54) is 17.0 Å². The zero-order chi connectivity index (χ0) is 20.6. The van der Waals surface area contributed by atoms with Gasteiger partial charge in [0.05, 0.1) is 11.5 Å². The minimum Gasteiger partial charge on any atom is -0.454 e. The van der Waals surface area contributed by atoms with Crippen LogP contribution in [0.2, 0.25) is 0 Å². The minimum absolute atomic E-state index is 0.00927. The van der Waals surface area contributed by atoms with Crippen molar-refractivity contribution >= 4 is 17.5 Å². The molecular weight excluding hydrogens is 389 g/mol. The molecule has 0 radical (unpaired) electrons. The summed E-state index contributed by atoms with van der Waals surface area (Å²) in [6.07, 6.45) is -4.44. The first-order valence-corrected chi connectivity index (χ1v) is 8.94. The molecule has 4 rings (SSSR count). The van der Waals surface area contributed by atoms with Crippen LogP contribution in [0.25, 0.3) is 0 Å². The molecule has 1 atom stereocenters. The van der Waals surface area contributed by atoms with Gasteiger partial charge in [-0.1, -0.05) is 12.1 Å². The van der Waals surface area contributed by atoms with E-state index in [0.29, 0.717) is 22.7 Å². The summed E-state index contributed by atoms with van der Waals surface area (Å²) in [6, 6.07) is 9.83. The van der Waals surface area contributed by atoms with Gasteiger partial charge in [-0.2, -0.15) is 13.2 Å². The van der Waals surface area contributed by atoms with Crippen LogP contribution < -0.4 is 14.8 Å². The highest BCUT2D eigenvalue weighted by Gasteiger charge is 2.35. The highest BCUT2D eigenvalue weighted by molar-refractivity contribution is 5.97. The third kappa shape index (κ3) is 4.13. The summed E-state index contributed by atoms with van der Waals surface area (Å²) in [4.78, 5) is 26.2. The van der Waals surface area contributed by atoms with E-state index in [0.717, 1.165) is 12.1 Å². The predicted molar refractivity (Wildman–Crippen MR) is 96.2 cm³/mol. The summed E-state index contributed by atoms with van der Waals surface area (Å²) >= 11 is 0. The quantitative estimate of drug-likeness (QED) is 0.845. The molecule has 2 heterocycles. The summed E-state index contributed by atoms with van der Waals surface area (Å²) in [6.45, 7) is 0.288. The van der Waals surface area contributed by atoms with Gasteiger partial charge in [-0.25, -0.2) is 0 Å². The fraction of sp³-hybridized carbons (Fsp3) is 0.300. The zero-order valence-electron chi connectivity index (χ0n) is 15.2. The number of amides is 2. The lowest BCUT2D eigenvalue weighted by Crippen LogP contribution is -2.28. The Labute approximate surface area is 164 Å². The van der Waals surface area contributed by atoms with E-state index in [1.54, 1.807) is 18.2 Å². The predicted octanol–water partition coefficient (Wildman–Crippen LogP) is 3.42. The molecule has 152 valence electrons. The molecular formula is C20H17F3N2O4. The SMILES string of the molecule is O=C(Nc1ccc2c(c1)OCO2)C1CC(=O)N(Cc2cccc(C(F)(F)F)c2)C1. The third-order valence-corrected chi connectivity index (χ3v) is 4.85. The summed E-state index contributed by atoms with van der Waals surface area (Å²) in [5, 5.41) is 2.75. The average Bonchev–Trinajstić information content (AvgIpc) is 3.28. The number of hydrogen-bond donors (Lipinski definition) is 1. The molecule has 0 aliphatic carbocycles. The molecule has 2 aliphatic heterocycles. The van der Waals surface area contributed by atoms with Crippen molar-refractivity contribution in [2.75, 3.05) is 18.7 Å². The van der Waals surface area contributed by atoms with E-state index < -0.39 is 17.7 Å². The lowest BCUT2D eigenvalue weighted by molar-refractivity contribution is -0.137. The number of fused-ring (bicyclic) bond motifs is 1. The average molecular weight is 406 g/mol. The van der Waals surface area contributed by atoms with Gasteiger partial charge in [-0.05, 0) is 29.8 Å². The molecule has 2 aromatic carbocycles. The van der Waals surface area contributed by atoms with Crippen molar-refractivity contribution in [1.82, 2.24) is 4.90 Å². The maximum Gasteiger partial charge on any atom is 0.416 e. The Morgan fingerprint density at radius 3 is 2.72 bits per heavy atom. The van der Waals surface area contributed by atoms with Crippen LogP contribution >= 0.6 is 0 Å². The van der Waals surface area contributed by atoms with Gasteiger partial charge in [0.25, 0.3) is 0 Å². The first-order chi connectivity index (χ1) is 13.8. The van der Waals surface area contributed by atoms with Gasteiger partial charge in [-0.3, -0.25) is 9.59 Å². The fourth-order valence-corrected chi connectivity index (χ4v) is 3.39. The van der Waals surface area contributed by atoms with Gasteiger partial charge in [-0.15, -0.1) is 0 Å². The Balaban J connectivity index is 1.39. The number of likely N-dealkylation sites (tertiary alicyclic amines) is 1. The number of benzene rings is 2. The Kier molecular flexibility index (Phi) is 4.81. The highest BCUT2D eigenvalue weighted by atomic mass is 19.4. The molecule has 2 aromatic rings. The van der Waals surface area contributed by atoms with Crippen LogP contribution in [0.5, 0.6) is 11.5 Å². The van der Waals surface area contributed by atoms with E-state index in [4.69, 9.17) is 9.47 Å². The molecule has 1 saturated heterocycles. The second kappa shape index (κ2) is 7.31. The van der Waals surface area contributed by atoms with Crippen LogP contribution in [0, 0.1) is 5.92 Å². The maximum absolute atomic E-state index is 12.9. The second-order valence-electron chi connectivity index (χ2n) is 6.93. The molecule has 0 spiro atoms. The number of nitrogens with zero attached hydrogens (tertiary/aromatic N) is 1.